The number of anilines is 1. The number of carbonyl (C=O) groups is 2. The van der Waals surface area contributed by atoms with Crippen molar-refractivity contribution >= 4 is 27.6 Å². The first-order chi connectivity index (χ1) is 16.6. The Kier molecular flexibility index (Phi) is 7.61. The van der Waals surface area contributed by atoms with Crippen LogP contribution in [0.15, 0.2) is 24.3 Å². The molecule has 0 aromatic heterocycles. The number of sulfonamides is 1. The van der Waals surface area contributed by atoms with Crippen molar-refractivity contribution in [2.24, 2.45) is 17.0 Å². The molecule has 3 amide bonds. The first kappa shape index (κ1) is 25.8. The number of fused-ring (bicyclic) bond motifs is 1. The molecule has 3 N–H and O–H groups in total. The second-order valence-corrected chi connectivity index (χ2v) is 12.2. The molecule has 9 nitrogen and oxygen atoms in total. The van der Waals surface area contributed by atoms with E-state index >= 15 is 0 Å². The zero-order chi connectivity index (χ0) is 25.3. The molecule has 1 heterocycles. The van der Waals surface area contributed by atoms with Gasteiger partial charge in [-0.15, -0.1) is 0 Å². The fourth-order valence-corrected chi connectivity index (χ4v) is 7.61. The lowest BCUT2D eigenvalue weighted by atomic mass is 9.69. The third-order valence-corrected chi connectivity index (χ3v) is 9.74. The Morgan fingerprint density at radius 3 is 2.31 bits per heavy atom. The summed E-state index contributed by atoms with van der Waals surface area (Å²) in [7, 11) is -1.92. The highest BCUT2D eigenvalue weighted by Gasteiger charge is 2.47. The van der Waals surface area contributed by atoms with Crippen LogP contribution in [-0.4, -0.2) is 67.2 Å². The summed E-state index contributed by atoms with van der Waals surface area (Å²) >= 11 is 0. The first-order valence-corrected chi connectivity index (χ1v) is 14.2. The molecule has 1 aromatic carbocycles. The number of nitrogens with zero attached hydrogens (tertiary/aromatic N) is 2. The molecule has 0 spiro atoms. The number of carbonyl (C=O) groups excluding carboxylic acids is 2. The van der Waals surface area contributed by atoms with E-state index in [0.717, 1.165) is 32.1 Å². The summed E-state index contributed by atoms with van der Waals surface area (Å²) in [6.45, 7) is 4.08. The topological polar surface area (TPSA) is 122 Å². The predicted octanol–water partition coefficient (Wildman–Crippen LogP) is 3.16. The number of primary sulfonamides is 1. The van der Waals surface area contributed by atoms with E-state index in [4.69, 9.17) is 9.88 Å². The van der Waals surface area contributed by atoms with Gasteiger partial charge < -0.3 is 19.9 Å². The maximum Gasteiger partial charge on any atom is 0.322 e. The Bertz CT molecular complexity index is 1040. The van der Waals surface area contributed by atoms with Crippen molar-refractivity contribution in [1.82, 2.24) is 9.80 Å². The van der Waals surface area contributed by atoms with E-state index in [1.807, 2.05) is 41.0 Å². The van der Waals surface area contributed by atoms with Crippen LogP contribution in [0, 0.1) is 11.8 Å². The number of hydrogen-bond donors (Lipinski definition) is 2. The summed E-state index contributed by atoms with van der Waals surface area (Å²) < 4.78 is 29.0. The van der Waals surface area contributed by atoms with Gasteiger partial charge in [-0.1, -0.05) is 12.1 Å². The van der Waals surface area contributed by atoms with Gasteiger partial charge in [-0.05, 0) is 75.8 Å². The number of rotatable bonds is 4. The van der Waals surface area contributed by atoms with Gasteiger partial charge in [-0.25, -0.2) is 18.4 Å². The Morgan fingerprint density at radius 2 is 1.69 bits per heavy atom. The molecule has 4 atom stereocenters. The molecule has 1 aromatic rings. The van der Waals surface area contributed by atoms with Gasteiger partial charge in [-0.3, -0.25) is 4.79 Å². The molecule has 4 rings (SSSR count). The molecule has 194 valence electrons. The van der Waals surface area contributed by atoms with Crippen LogP contribution in [0.3, 0.4) is 0 Å². The first-order valence-electron chi connectivity index (χ1n) is 12.6. The molecule has 2 aliphatic carbocycles. The van der Waals surface area contributed by atoms with E-state index in [1.165, 1.54) is 0 Å². The highest BCUT2D eigenvalue weighted by molar-refractivity contribution is 7.89. The monoisotopic (exact) mass is 506 g/mol. The zero-order valence-electron chi connectivity index (χ0n) is 20.9. The lowest BCUT2D eigenvalue weighted by molar-refractivity contribution is -0.141. The molecule has 0 radical (unpaired) electrons. The van der Waals surface area contributed by atoms with Gasteiger partial charge in [0.15, 0.2) is 0 Å². The highest BCUT2D eigenvalue weighted by atomic mass is 32.2. The average Bonchev–Trinajstić information content (AvgIpc) is 2.82. The molecule has 1 aliphatic heterocycles. The maximum atomic E-state index is 13.5. The van der Waals surface area contributed by atoms with Gasteiger partial charge in [0.1, 0.15) is 5.75 Å². The standard InChI is InChI=1S/C25H38N4O5S/c1-16-15-28(25(31)27-21-6-4-5-7-24(21)34-3)23-14-19(10-13-22(23)29(16)17(2)30)18-8-11-20(12-9-18)35(26,32)33/h4-7,16,18-20,22-23H,8-15H2,1-3H3,(H,27,31)(H2,26,32,33)/t16-,18?,19?,20?,22?,23?/m0/s1. The Hall–Kier alpha value is -2.33. The normalized spacial score (nSPS) is 31.4. The van der Waals surface area contributed by atoms with Crippen LogP contribution in [0.2, 0.25) is 0 Å². The summed E-state index contributed by atoms with van der Waals surface area (Å²) in [6.07, 6.45) is 5.50. The van der Waals surface area contributed by atoms with Gasteiger partial charge in [0, 0.05) is 19.5 Å². The lowest BCUT2D eigenvalue weighted by Crippen LogP contribution is -2.67. The Labute approximate surface area is 208 Å². The van der Waals surface area contributed by atoms with Gasteiger partial charge in [0.05, 0.1) is 30.1 Å². The minimum Gasteiger partial charge on any atom is -0.495 e. The van der Waals surface area contributed by atoms with Crippen LogP contribution in [0.25, 0.3) is 0 Å². The molecular formula is C25H38N4O5S. The number of nitrogens with two attached hydrogens (primary N) is 1. The minimum atomic E-state index is -3.49. The summed E-state index contributed by atoms with van der Waals surface area (Å²) in [5.41, 5.74) is 0.617. The zero-order valence-corrected chi connectivity index (χ0v) is 21.7. The van der Waals surface area contributed by atoms with Crippen molar-refractivity contribution in [3.8, 4) is 5.75 Å². The fraction of sp³-hybridized carbons (Fsp3) is 0.680. The molecular weight excluding hydrogens is 468 g/mol. The maximum absolute atomic E-state index is 13.5. The van der Waals surface area contributed by atoms with Crippen molar-refractivity contribution in [3.63, 3.8) is 0 Å². The molecule has 3 unspecified atom stereocenters. The van der Waals surface area contributed by atoms with E-state index in [-0.39, 0.29) is 30.1 Å². The van der Waals surface area contributed by atoms with Gasteiger partial charge in [-0.2, -0.15) is 0 Å². The van der Waals surface area contributed by atoms with Gasteiger partial charge >= 0.3 is 6.03 Å². The molecule has 10 heteroatoms. The van der Waals surface area contributed by atoms with Crippen LogP contribution >= 0.6 is 0 Å². The Balaban J connectivity index is 1.52. The van der Waals surface area contributed by atoms with Crippen molar-refractivity contribution in [2.75, 3.05) is 19.0 Å². The summed E-state index contributed by atoms with van der Waals surface area (Å²) in [6, 6.07) is 6.98. The van der Waals surface area contributed by atoms with Gasteiger partial charge in [0.25, 0.3) is 0 Å². The van der Waals surface area contributed by atoms with Crippen LogP contribution in [0.4, 0.5) is 10.5 Å². The second-order valence-electron chi connectivity index (χ2n) is 10.4. The number of para-hydroxylation sites is 2. The SMILES string of the molecule is COc1ccccc1NC(=O)N1C[C@H](C)N(C(C)=O)C2CCC(C3CCC(S(N)(=O)=O)CC3)CC21. The largest absolute Gasteiger partial charge is 0.495 e. The number of amides is 3. The molecule has 3 fully saturated rings. The smallest absolute Gasteiger partial charge is 0.322 e. The van der Waals surface area contributed by atoms with Crippen LogP contribution in [0.5, 0.6) is 5.75 Å². The van der Waals surface area contributed by atoms with Crippen molar-refractivity contribution in [2.45, 2.75) is 82.2 Å². The van der Waals surface area contributed by atoms with Crippen molar-refractivity contribution < 1.29 is 22.7 Å². The van der Waals surface area contributed by atoms with Crippen molar-refractivity contribution in [3.05, 3.63) is 24.3 Å². The predicted molar refractivity (Wildman–Crippen MR) is 134 cm³/mol. The summed E-state index contributed by atoms with van der Waals surface area (Å²) in [5, 5.41) is 7.97. The van der Waals surface area contributed by atoms with E-state index in [9.17, 15) is 18.0 Å². The third kappa shape index (κ3) is 5.43. The number of benzene rings is 1. The molecule has 0 bridgehead atoms. The van der Waals surface area contributed by atoms with E-state index in [2.05, 4.69) is 5.32 Å². The summed E-state index contributed by atoms with van der Waals surface area (Å²) in [4.78, 5) is 29.9. The average molecular weight is 507 g/mol. The van der Waals surface area contributed by atoms with Crippen LogP contribution < -0.4 is 15.2 Å². The molecule has 3 aliphatic rings. The third-order valence-electron chi connectivity index (χ3n) is 8.34. The number of methoxy groups -OCH3 is 1. The van der Waals surface area contributed by atoms with E-state index in [0.29, 0.717) is 42.7 Å². The Morgan fingerprint density at radius 1 is 1.03 bits per heavy atom. The van der Waals surface area contributed by atoms with Gasteiger partial charge in [0.2, 0.25) is 15.9 Å². The number of ether oxygens (including phenoxy) is 1. The fourth-order valence-electron chi connectivity index (χ4n) is 6.69. The number of hydrogen-bond acceptors (Lipinski definition) is 5. The summed E-state index contributed by atoms with van der Waals surface area (Å²) in [5.74, 6) is 1.45. The molecule has 2 saturated carbocycles. The quantitative estimate of drug-likeness (QED) is 0.650. The van der Waals surface area contributed by atoms with E-state index in [1.54, 1.807) is 14.0 Å². The van der Waals surface area contributed by atoms with Crippen molar-refractivity contribution in [1.29, 1.82) is 0 Å². The number of nitrogens with one attached hydrogen (secondary N) is 1. The molecule has 1 saturated heterocycles. The second kappa shape index (κ2) is 10.3. The van der Waals surface area contributed by atoms with E-state index < -0.39 is 15.3 Å². The highest BCUT2D eigenvalue weighted by Crippen LogP contribution is 2.43. The lowest BCUT2D eigenvalue weighted by Gasteiger charge is -2.54. The number of urea groups is 1. The molecule has 35 heavy (non-hydrogen) atoms. The minimum absolute atomic E-state index is 0.0170. The number of piperazine rings is 1. The van der Waals surface area contributed by atoms with Crippen LogP contribution in [0.1, 0.15) is 58.8 Å². The van der Waals surface area contributed by atoms with Crippen LogP contribution in [-0.2, 0) is 14.8 Å².